The number of pyridine rings is 1. The van der Waals surface area contributed by atoms with E-state index in [1.54, 1.807) is 30.6 Å². The van der Waals surface area contributed by atoms with Crippen LogP contribution in [0.25, 0.3) is 10.9 Å². The molecule has 6 nitrogen and oxygen atoms in total. The highest BCUT2D eigenvalue weighted by molar-refractivity contribution is 6.05. The molecule has 3 rings (SSSR count). The third-order valence-corrected chi connectivity index (χ3v) is 2.98. The van der Waals surface area contributed by atoms with Crippen molar-refractivity contribution in [1.29, 1.82) is 0 Å². The van der Waals surface area contributed by atoms with Crippen molar-refractivity contribution in [3.63, 3.8) is 0 Å². The Hall–Kier alpha value is -2.89. The SMILES string of the molecule is Nc1ccc2[nH]nc(C(=O)NCc3cccnc3)c2c1. The topological polar surface area (TPSA) is 96.7 Å². The summed E-state index contributed by atoms with van der Waals surface area (Å²) >= 11 is 0. The minimum absolute atomic E-state index is 0.245. The van der Waals surface area contributed by atoms with Gasteiger partial charge in [-0.3, -0.25) is 14.9 Å². The van der Waals surface area contributed by atoms with Gasteiger partial charge in [0.25, 0.3) is 5.91 Å². The fourth-order valence-corrected chi connectivity index (χ4v) is 1.97. The summed E-state index contributed by atoms with van der Waals surface area (Å²) < 4.78 is 0. The molecule has 4 N–H and O–H groups in total. The zero-order valence-corrected chi connectivity index (χ0v) is 10.6. The van der Waals surface area contributed by atoms with Crippen molar-refractivity contribution in [3.8, 4) is 0 Å². The second-order valence-electron chi connectivity index (χ2n) is 4.42. The second-order valence-corrected chi connectivity index (χ2v) is 4.42. The number of nitrogens with two attached hydrogens (primary N) is 1. The van der Waals surface area contributed by atoms with Gasteiger partial charge in [-0.2, -0.15) is 5.10 Å². The molecule has 0 bridgehead atoms. The average molecular weight is 267 g/mol. The van der Waals surface area contributed by atoms with E-state index in [4.69, 9.17) is 5.73 Å². The number of nitrogens with one attached hydrogen (secondary N) is 2. The number of benzene rings is 1. The fraction of sp³-hybridized carbons (Fsp3) is 0.0714. The van der Waals surface area contributed by atoms with Crippen molar-refractivity contribution in [2.75, 3.05) is 5.73 Å². The fourth-order valence-electron chi connectivity index (χ4n) is 1.97. The van der Waals surface area contributed by atoms with E-state index in [9.17, 15) is 4.79 Å². The van der Waals surface area contributed by atoms with Crippen LogP contribution in [0.5, 0.6) is 0 Å². The van der Waals surface area contributed by atoms with Gasteiger partial charge in [-0.1, -0.05) is 6.07 Å². The van der Waals surface area contributed by atoms with Crippen LogP contribution in [0.3, 0.4) is 0 Å². The largest absolute Gasteiger partial charge is 0.399 e. The lowest BCUT2D eigenvalue weighted by molar-refractivity contribution is 0.0947. The van der Waals surface area contributed by atoms with Crippen molar-refractivity contribution in [2.24, 2.45) is 0 Å². The van der Waals surface area contributed by atoms with Crippen LogP contribution in [0.4, 0.5) is 5.69 Å². The molecule has 100 valence electrons. The lowest BCUT2D eigenvalue weighted by Gasteiger charge is -2.03. The van der Waals surface area contributed by atoms with E-state index in [2.05, 4.69) is 20.5 Å². The molecule has 0 aliphatic carbocycles. The van der Waals surface area contributed by atoms with Crippen molar-refractivity contribution < 1.29 is 4.79 Å². The number of hydrogen-bond acceptors (Lipinski definition) is 4. The van der Waals surface area contributed by atoms with E-state index in [0.717, 1.165) is 11.1 Å². The normalized spacial score (nSPS) is 10.6. The van der Waals surface area contributed by atoms with E-state index < -0.39 is 0 Å². The Morgan fingerprint density at radius 2 is 2.25 bits per heavy atom. The number of anilines is 1. The number of nitrogen functional groups attached to an aromatic ring is 1. The Bertz CT molecular complexity index is 751. The quantitative estimate of drug-likeness (QED) is 0.626. The molecule has 0 saturated heterocycles. The smallest absolute Gasteiger partial charge is 0.272 e. The molecule has 0 fully saturated rings. The van der Waals surface area contributed by atoms with Gasteiger partial charge >= 0.3 is 0 Å². The van der Waals surface area contributed by atoms with Gasteiger partial charge in [-0.05, 0) is 29.8 Å². The lowest BCUT2D eigenvalue weighted by atomic mass is 10.2. The molecule has 2 heterocycles. The molecular formula is C14H13N5O. The molecule has 0 radical (unpaired) electrons. The summed E-state index contributed by atoms with van der Waals surface area (Å²) in [5, 5.41) is 10.4. The van der Waals surface area contributed by atoms with E-state index in [1.807, 2.05) is 12.1 Å². The summed E-state index contributed by atoms with van der Waals surface area (Å²) in [5.41, 5.74) is 8.39. The highest BCUT2D eigenvalue weighted by Gasteiger charge is 2.13. The highest BCUT2D eigenvalue weighted by Crippen LogP contribution is 2.18. The predicted octanol–water partition coefficient (Wildman–Crippen LogP) is 1.47. The minimum atomic E-state index is -0.245. The number of H-pyrrole nitrogens is 1. The first-order chi connectivity index (χ1) is 9.74. The maximum absolute atomic E-state index is 12.1. The van der Waals surface area contributed by atoms with Crippen molar-refractivity contribution in [2.45, 2.75) is 6.54 Å². The minimum Gasteiger partial charge on any atom is -0.399 e. The Morgan fingerprint density at radius 3 is 3.05 bits per heavy atom. The number of aromatic nitrogens is 3. The molecule has 2 aromatic heterocycles. The van der Waals surface area contributed by atoms with Crippen LogP contribution in [0.2, 0.25) is 0 Å². The number of fused-ring (bicyclic) bond motifs is 1. The van der Waals surface area contributed by atoms with Crippen LogP contribution in [0.1, 0.15) is 16.1 Å². The van der Waals surface area contributed by atoms with Crippen molar-refractivity contribution in [1.82, 2.24) is 20.5 Å². The molecule has 3 aromatic rings. The number of rotatable bonds is 3. The van der Waals surface area contributed by atoms with E-state index in [1.165, 1.54) is 0 Å². The maximum atomic E-state index is 12.1. The summed E-state index contributed by atoms with van der Waals surface area (Å²) in [6.07, 6.45) is 3.40. The van der Waals surface area contributed by atoms with Crippen LogP contribution in [-0.4, -0.2) is 21.1 Å². The van der Waals surface area contributed by atoms with Gasteiger partial charge in [0.05, 0.1) is 5.52 Å². The summed E-state index contributed by atoms with van der Waals surface area (Å²) in [5.74, 6) is -0.245. The van der Waals surface area contributed by atoms with Crippen LogP contribution in [-0.2, 0) is 6.54 Å². The number of carbonyl (C=O) groups excluding carboxylic acids is 1. The zero-order chi connectivity index (χ0) is 13.9. The highest BCUT2D eigenvalue weighted by atomic mass is 16.1. The first kappa shape index (κ1) is 12.2. The van der Waals surface area contributed by atoms with Gasteiger partial charge in [0.1, 0.15) is 0 Å². The van der Waals surface area contributed by atoms with Gasteiger partial charge in [0.2, 0.25) is 0 Å². The summed E-state index contributed by atoms with van der Waals surface area (Å²) in [7, 11) is 0. The molecule has 0 aliphatic heterocycles. The summed E-state index contributed by atoms with van der Waals surface area (Å²) in [6, 6.07) is 9.02. The second kappa shape index (κ2) is 5.00. The van der Waals surface area contributed by atoms with E-state index >= 15 is 0 Å². The number of hydrogen-bond donors (Lipinski definition) is 3. The van der Waals surface area contributed by atoms with Crippen LogP contribution in [0.15, 0.2) is 42.7 Å². The van der Waals surface area contributed by atoms with Crippen LogP contribution < -0.4 is 11.1 Å². The number of amides is 1. The molecule has 0 unspecified atom stereocenters. The average Bonchev–Trinajstić information content (AvgIpc) is 2.89. The standard InChI is InChI=1S/C14H13N5O/c15-10-3-4-12-11(6-10)13(19-18-12)14(20)17-8-9-2-1-5-16-7-9/h1-7H,8,15H2,(H,17,20)(H,18,19). The van der Waals surface area contributed by atoms with Gasteiger partial charge < -0.3 is 11.1 Å². The third-order valence-electron chi connectivity index (χ3n) is 2.98. The number of carbonyl (C=O) groups is 1. The monoisotopic (exact) mass is 267 g/mol. The molecule has 0 saturated carbocycles. The van der Waals surface area contributed by atoms with Gasteiger partial charge in [-0.25, -0.2) is 0 Å². The summed E-state index contributed by atoms with van der Waals surface area (Å²) in [4.78, 5) is 16.1. The first-order valence-electron chi connectivity index (χ1n) is 6.15. The molecule has 0 spiro atoms. The lowest BCUT2D eigenvalue weighted by Crippen LogP contribution is -2.23. The number of nitrogens with zero attached hydrogens (tertiary/aromatic N) is 2. The molecule has 6 heteroatoms. The Labute approximate surface area is 115 Å². The molecule has 1 amide bonds. The predicted molar refractivity (Wildman–Crippen MR) is 75.9 cm³/mol. The van der Waals surface area contributed by atoms with Crippen molar-refractivity contribution >= 4 is 22.5 Å². The van der Waals surface area contributed by atoms with Gasteiger partial charge in [0.15, 0.2) is 5.69 Å². The van der Waals surface area contributed by atoms with Crippen molar-refractivity contribution in [3.05, 3.63) is 54.0 Å². The Morgan fingerprint density at radius 1 is 1.35 bits per heavy atom. The summed E-state index contributed by atoms with van der Waals surface area (Å²) in [6.45, 7) is 0.406. The van der Waals surface area contributed by atoms with Gasteiger partial charge in [0, 0.05) is 30.0 Å². The zero-order valence-electron chi connectivity index (χ0n) is 10.6. The van der Waals surface area contributed by atoms with Crippen LogP contribution in [0, 0.1) is 0 Å². The molecule has 0 atom stereocenters. The molecule has 0 aliphatic rings. The van der Waals surface area contributed by atoms with E-state index in [-0.39, 0.29) is 5.91 Å². The third kappa shape index (κ3) is 2.31. The molecular weight excluding hydrogens is 254 g/mol. The number of aromatic amines is 1. The van der Waals surface area contributed by atoms with Crippen LogP contribution >= 0.6 is 0 Å². The Balaban J connectivity index is 1.80. The maximum Gasteiger partial charge on any atom is 0.272 e. The van der Waals surface area contributed by atoms with E-state index in [0.29, 0.717) is 23.3 Å². The molecule has 1 aromatic carbocycles. The van der Waals surface area contributed by atoms with Gasteiger partial charge in [-0.15, -0.1) is 0 Å². The molecule has 20 heavy (non-hydrogen) atoms. The first-order valence-corrected chi connectivity index (χ1v) is 6.15. The Kier molecular flexibility index (Phi) is 3.04.